The van der Waals surface area contributed by atoms with E-state index >= 15 is 0 Å². The minimum atomic E-state index is 0.0618. The first-order valence-corrected chi connectivity index (χ1v) is 8.39. The number of aromatic nitrogens is 2. The summed E-state index contributed by atoms with van der Waals surface area (Å²) in [7, 11) is 0. The van der Waals surface area contributed by atoms with Crippen LogP contribution in [0.2, 0.25) is 0 Å². The van der Waals surface area contributed by atoms with Crippen molar-refractivity contribution in [3.8, 4) is 5.75 Å². The molecule has 23 heavy (non-hydrogen) atoms. The summed E-state index contributed by atoms with van der Waals surface area (Å²) in [4.78, 5) is 19.7. The lowest BCUT2D eigenvalue weighted by atomic mass is 10.2. The van der Waals surface area contributed by atoms with Crippen molar-refractivity contribution >= 4 is 11.6 Å². The van der Waals surface area contributed by atoms with E-state index in [1.54, 1.807) is 0 Å². The molecule has 0 aromatic carbocycles. The van der Waals surface area contributed by atoms with Gasteiger partial charge in [-0.05, 0) is 38.4 Å². The summed E-state index contributed by atoms with van der Waals surface area (Å²) in [5.41, 5.74) is 2.23. The van der Waals surface area contributed by atoms with Crippen LogP contribution in [0.1, 0.15) is 36.5 Å². The Morgan fingerprint density at radius 3 is 3.00 bits per heavy atom. The Bertz CT molecular complexity index is 687. The molecule has 0 aliphatic carbocycles. The zero-order chi connectivity index (χ0) is 16.2. The lowest BCUT2D eigenvalue weighted by Gasteiger charge is -2.20. The van der Waals surface area contributed by atoms with Crippen molar-refractivity contribution in [2.75, 3.05) is 32.8 Å². The number of pyridine rings is 1. The number of nitrogens with one attached hydrogen (secondary N) is 1. The quantitative estimate of drug-likeness (QED) is 0.933. The number of imidazole rings is 1. The van der Waals surface area contributed by atoms with Gasteiger partial charge in [0.25, 0.3) is 5.91 Å². The second-order valence-corrected chi connectivity index (χ2v) is 5.66. The molecule has 0 unspecified atom stereocenters. The Hall–Kier alpha value is -2.08. The van der Waals surface area contributed by atoms with E-state index in [2.05, 4.69) is 10.3 Å². The summed E-state index contributed by atoms with van der Waals surface area (Å²) < 4.78 is 7.54. The highest BCUT2D eigenvalue weighted by atomic mass is 16.5. The molecule has 1 amide bonds. The van der Waals surface area contributed by atoms with E-state index < -0.39 is 0 Å². The van der Waals surface area contributed by atoms with Crippen molar-refractivity contribution in [2.24, 2.45) is 0 Å². The smallest absolute Gasteiger partial charge is 0.272 e. The molecule has 0 bridgehead atoms. The molecule has 1 aliphatic rings. The molecule has 0 radical (unpaired) electrons. The van der Waals surface area contributed by atoms with E-state index in [4.69, 9.17) is 4.74 Å². The number of amides is 1. The Kier molecular flexibility index (Phi) is 4.81. The molecule has 1 aliphatic heterocycles. The second kappa shape index (κ2) is 7.00. The third kappa shape index (κ3) is 3.03. The first-order chi connectivity index (χ1) is 11.3. The number of fused-ring (bicyclic) bond motifs is 1. The van der Waals surface area contributed by atoms with Crippen LogP contribution in [0.4, 0.5) is 0 Å². The fourth-order valence-corrected chi connectivity index (χ4v) is 3.03. The van der Waals surface area contributed by atoms with Gasteiger partial charge in [0.05, 0.1) is 12.3 Å². The van der Waals surface area contributed by atoms with Crippen molar-refractivity contribution in [2.45, 2.75) is 26.7 Å². The van der Waals surface area contributed by atoms with Crippen molar-refractivity contribution < 1.29 is 9.53 Å². The molecule has 1 saturated heterocycles. The maximum atomic E-state index is 13.1. The average molecular weight is 316 g/mol. The van der Waals surface area contributed by atoms with Crippen LogP contribution < -0.4 is 10.1 Å². The van der Waals surface area contributed by atoms with Crippen LogP contribution in [0.15, 0.2) is 18.3 Å². The Labute approximate surface area is 136 Å². The predicted molar refractivity (Wildman–Crippen MR) is 89.1 cm³/mol. The molecule has 2 aromatic heterocycles. The fourth-order valence-electron chi connectivity index (χ4n) is 3.03. The molecule has 6 heteroatoms. The summed E-state index contributed by atoms with van der Waals surface area (Å²) in [6, 6.07) is 3.80. The molecule has 0 saturated carbocycles. The number of hydrogen-bond donors (Lipinski definition) is 1. The lowest BCUT2D eigenvalue weighted by Crippen LogP contribution is -2.35. The van der Waals surface area contributed by atoms with Crippen molar-refractivity contribution in [1.82, 2.24) is 19.6 Å². The van der Waals surface area contributed by atoms with Gasteiger partial charge >= 0.3 is 0 Å². The van der Waals surface area contributed by atoms with Crippen LogP contribution in [0.25, 0.3) is 5.65 Å². The van der Waals surface area contributed by atoms with Gasteiger partial charge < -0.3 is 15.0 Å². The van der Waals surface area contributed by atoms with Crippen LogP contribution in [0, 0.1) is 0 Å². The molecule has 0 spiro atoms. The van der Waals surface area contributed by atoms with E-state index in [1.807, 2.05) is 41.5 Å². The van der Waals surface area contributed by atoms with Crippen LogP contribution in [0.3, 0.4) is 0 Å². The second-order valence-electron chi connectivity index (χ2n) is 5.66. The Morgan fingerprint density at radius 1 is 1.35 bits per heavy atom. The maximum Gasteiger partial charge on any atom is 0.272 e. The molecule has 3 heterocycles. The van der Waals surface area contributed by atoms with Gasteiger partial charge in [-0.15, -0.1) is 0 Å². The average Bonchev–Trinajstić information content (AvgIpc) is 2.75. The van der Waals surface area contributed by atoms with Gasteiger partial charge in [0, 0.05) is 25.8 Å². The van der Waals surface area contributed by atoms with Crippen molar-refractivity contribution in [3.05, 3.63) is 29.7 Å². The van der Waals surface area contributed by atoms with E-state index in [0.29, 0.717) is 12.3 Å². The van der Waals surface area contributed by atoms with Gasteiger partial charge in [-0.3, -0.25) is 9.20 Å². The third-order valence-corrected chi connectivity index (χ3v) is 4.15. The molecule has 124 valence electrons. The molecule has 1 fully saturated rings. The van der Waals surface area contributed by atoms with Crippen molar-refractivity contribution in [3.63, 3.8) is 0 Å². The first-order valence-electron chi connectivity index (χ1n) is 8.39. The van der Waals surface area contributed by atoms with E-state index in [9.17, 15) is 4.79 Å². The normalized spacial score (nSPS) is 15.7. The van der Waals surface area contributed by atoms with Gasteiger partial charge in [0.1, 0.15) is 5.69 Å². The molecule has 0 atom stereocenters. The summed E-state index contributed by atoms with van der Waals surface area (Å²) in [6.45, 7) is 7.88. The first kappa shape index (κ1) is 15.8. The highest BCUT2D eigenvalue weighted by Crippen LogP contribution is 2.24. The molecule has 6 nitrogen and oxygen atoms in total. The van der Waals surface area contributed by atoms with Gasteiger partial charge in [0.15, 0.2) is 11.4 Å². The number of rotatable bonds is 4. The molecule has 1 N–H and O–H groups in total. The number of nitrogens with zero attached hydrogens (tertiary/aromatic N) is 3. The topological polar surface area (TPSA) is 58.9 Å². The Morgan fingerprint density at radius 2 is 2.22 bits per heavy atom. The molecular formula is C17H24N4O2. The lowest BCUT2D eigenvalue weighted by molar-refractivity contribution is 0.0758. The zero-order valence-corrected chi connectivity index (χ0v) is 13.8. The summed E-state index contributed by atoms with van der Waals surface area (Å²) in [5, 5.41) is 3.33. The van der Waals surface area contributed by atoms with Crippen molar-refractivity contribution in [1.29, 1.82) is 0 Å². The number of aryl methyl sites for hydroxylation is 1. The standard InChI is InChI=1S/C17H24N4O2/c1-3-13-15(17(22)20-10-6-8-18-9-12-20)21-11-5-7-14(23-4-2)16(21)19-13/h5,7,11,18H,3-4,6,8-10,12H2,1-2H3. The highest BCUT2D eigenvalue weighted by molar-refractivity contribution is 5.95. The summed E-state index contributed by atoms with van der Waals surface area (Å²) in [6.07, 6.45) is 3.60. The number of carbonyl (C=O) groups is 1. The largest absolute Gasteiger partial charge is 0.490 e. The summed E-state index contributed by atoms with van der Waals surface area (Å²) in [5.74, 6) is 0.785. The van der Waals surface area contributed by atoms with E-state index in [1.165, 1.54) is 0 Å². The number of ether oxygens (including phenoxy) is 1. The van der Waals surface area contributed by atoms with Gasteiger partial charge in [-0.1, -0.05) is 6.92 Å². The fraction of sp³-hybridized carbons (Fsp3) is 0.529. The van der Waals surface area contributed by atoms with Gasteiger partial charge in [-0.2, -0.15) is 0 Å². The monoisotopic (exact) mass is 316 g/mol. The van der Waals surface area contributed by atoms with Crippen LogP contribution in [-0.4, -0.2) is 53.0 Å². The maximum absolute atomic E-state index is 13.1. The van der Waals surface area contributed by atoms with E-state index in [-0.39, 0.29) is 5.91 Å². The minimum Gasteiger partial charge on any atom is -0.490 e. The van der Waals surface area contributed by atoms with Crippen LogP contribution >= 0.6 is 0 Å². The van der Waals surface area contributed by atoms with E-state index in [0.717, 1.165) is 56.1 Å². The van der Waals surface area contributed by atoms with Crippen LogP contribution in [-0.2, 0) is 6.42 Å². The molecule has 2 aromatic rings. The SMILES string of the molecule is CCOc1cccn2c(C(=O)N3CCCNCC3)c(CC)nc12. The zero-order valence-electron chi connectivity index (χ0n) is 13.8. The van der Waals surface area contributed by atoms with Crippen LogP contribution in [0.5, 0.6) is 5.75 Å². The predicted octanol–water partition coefficient (Wildman–Crippen LogP) is 1.73. The third-order valence-electron chi connectivity index (χ3n) is 4.15. The molecule has 3 rings (SSSR count). The molecular weight excluding hydrogens is 292 g/mol. The van der Waals surface area contributed by atoms with Gasteiger partial charge in [0.2, 0.25) is 0 Å². The number of carbonyl (C=O) groups excluding carboxylic acids is 1. The minimum absolute atomic E-state index is 0.0618. The Balaban J connectivity index is 2.04. The highest BCUT2D eigenvalue weighted by Gasteiger charge is 2.25. The summed E-state index contributed by atoms with van der Waals surface area (Å²) >= 11 is 0. The van der Waals surface area contributed by atoms with Gasteiger partial charge in [-0.25, -0.2) is 4.98 Å². The number of hydrogen-bond acceptors (Lipinski definition) is 4.